The van der Waals surface area contributed by atoms with E-state index in [1.165, 1.54) is 30.7 Å². The molecule has 0 heterocycles. The van der Waals surface area contributed by atoms with E-state index in [0.717, 1.165) is 19.3 Å². The number of nitro groups is 1. The van der Waals surface area contributed by atoms with E-state index in [4.69, 9.17) is 0 Å². The van der Waals surface area contributed by atoms with Crippen LogP contribution in [0.1, 0.15) is 49.9 Å². The highest BCUT2D eigenvalue weighted by atomic mass is 16.6. The van der Waals surface area contributed by atoms with Gasteiger partial charge >= 0.3 is 0 Å². The molecule has 1 aliphatic rings. The first-order valence-electron chi connectivity index (χ1n) is 8.24. The summed E-state index contributed by atoms with van der Waals surface area (Å²) in [4.78, 5) is 34.7. The van der Waals surface area contributed by atoms with Crippen LogP contribution in [0.5, 0.6) is 0 Å². The molecule has 24 heavy (non-hydrogen) atoms. The van der Waals surface area contributed by atoms with Crippen molar-refractivity contribution in [3.8, 4) is 0 Å². The lowest BCUT2D eigenvalue weighted by atomic mass is 9.86. The van der Waals surface area contributed by atoms with Crippen molar-refractivity contribution in [2.45, 2.75) is 51.6 Å². The fourth-order valence-corrected chi connectivity index (χ4v) is 2.94. The Bertz CT molecular complexity index is 632. The van der Waals surface area contributed by atoms with Gasteiger partial charge in [0.05, 0.1) is 4.92 Å². The predicted molar refractivity (Wildman–Crippen MR) is 89.6 cm³/mol. The van der Waals surface area contributed by atoms with Crippen LogP contribution in [0.4, 0.5) is 5.69 Å². The molecule has 3 atom stereocenters. The smallest absolute Gasteiger partial charge is 0.270 e. The van der Waals surface area contributed by atoms with Crippen molar-refractivity contribution in [3.05, 3.63) is 39.9 Å². The number of nitrogens with one attached hydrogen (secondary N) is 2. The summed E-state index contributed by atoms with van der Waals surface area (Å²) in [6.45, 7) is 3.73. The minimum absolute atomic E-state index is 0.142. The number of benzene rings is 1. The van der Waals surface area contributed by atoms with E-state index in [1.807, 2.05) is 0 Å². The Morgan fingerprint density at radius 3 is 2.67 bits per heavy atom. The maximum absolute atomic E-state index is 12.3. The molecule has 2 rings (SSSR count). The zero-order valence-corrected chi connectivity index (χ0v) is 14.0. The van der Waals surface area contributed by atoms with Crippen LogP contribution < -0.4 is 10.6 Å². The summed E-state index contributed by atoms with van der Waals surface area (Å²) in [7, 11) is 0. The van der Waals surface area contributed by atoms with Crippen molar-refractivity contribution in [2.24, 2.45) is 5.92 Å². The van der Waals surface area contributed by atoms with Gasteiger partial charge in [-0.05, 0) is 31.7 Å². The normalized spacial score (nSPS) is 21.6. The van der Waals surface area contributed by atoms with E-state index in [-0.39, 0.29) is 23.2 Å². The standard InChI is InChI=1S/C17H23N3O4/c1-11-6-3-4-9-15(11)19-16(21)12(2)18-17(22)13-7-5-8-14(10-13)20(23)24/h5,7-8,10-12,15H,3-4,6,9H2,1-2H3,(H,18,22)(H,19,21). The molecule has 0 radical (unpaired) electrons. The minimum atomic E-state index is -0.703. The third-order valence-electron chi connectivity index (χ3n) is 4.50. The van der Waals surface area contributed by atoms with Gasteiger partial charge < -0.3 is 10.6 Å². The number of nitrogens with zero attached hydrogens (tertiary/aromatic N) is 1. The average Bonchev–Trinajstić information content (AvgIpc) is 2.56. The number of amides is 2. The molecule has 130 valence electrons. The van der Waals surface area contributed by atoms with E-state index in [2.05, 4.69) is 17.6 Å². The van der Waals surface area contributed by atoms with Crippen molar-refractivity contribution in [2.75, 3.05) is 0 Å². The zero-order valence-electron chi connectivity index (χ0n) is 14.0. The number of non-ortho nitro benzene ring substituents is 1. The maximum Gasteiger partial charge on any atom is 0.270 e. The summed E-state index contributed by atoms with van der Waals surface area (Å²) in [5.41, 5.74) is 0.00525. The summed E-state index contributed by atoms with van der Waals surface area (Å²) in [6.07, 6.45) is 4.34. The van der Waals surface area contributed by atoms with Crippen LogP contribution in [-0.4, -0.2) is 28.8 Å². The molecule has 0 saturated heterocycles. The van der Waals surface area contributed by atoms with Crippen LogP contribution in [0.2, 0.25) is 0 Å². The topological polar surface area (TPSA) is 101 Å². The maximum atomic E-state index is 12.3. The van der Waals surface area contributed by atoms with Gasteiger partial charge in [0.1, 0.15) is 6.04 Å². The fraction of sp³-hybridized carbons (Fsp3) is 0.529. The van der Waals surface area contributed by atoms with E-state index < -0.39 is 16.9 Å². The SMILES string of the molecule is CC(NC(=O)c1cccc([N+](=O)[O-])c1)C(=O)NC1CCCCC1C. The van der Waals surface area contributed by atoms with E-state index in [9.17, 15) is 19.7 Å². The van der Waals surface area contributed by atoms with Gasteiger partial charge in [0.15, 0.2) is 0 Å². The van der Waals surface area contributed by atoms with E-state index in [1.54, 1.807) is 6.92 Å². The van der Waals surface area contributed by atoms with Gasteiger partial charge in [-0.2, -0.15) is 0 Å². The summed E-state index contributed by atoms with van der Waals surface area (Å²) < 4.78 is 0. The van der Waals surface area contributed by atoms with Crippen molar-refractivity contribution in [1.82, 2.24) is 10.6 Å². The van der Waals surface area contributed by atoms with E-state index in [0.29, 0.717) is 5.92 Å². The Balaban J connectivity index is 1.94. The highest BCUT2D eigenvalue weighted by Gasteiger charge is 2.25. The molecule has 0 aromatic heterocycles. The summed E-state index contributed by atoms with van der Waals surface area (Å²) >= 11 is 0. The summed E-state index contributed by atoms with van der Waals surface area (Å²) in [5.74, 6) is -0.298. The molecule has 1 saturated carbocycles. The Labute approximate surface area is 141 Å². The van der Waals surface area contributed by atoms with Crippen molar-refractivity contribution >= 4 is 17.5 Å². The molecular weight excluding hydrogens is 310 g/mol. The van der Waals surface area contributed by atoms with Crippen LogP contribution in [0.15, 0.2) is 24.3 Å². The van der Waals surface area contributed by atoms with Crippen LogP contribution in [0.3, 0.4) is 0 Å². The first-order valence-corrected chi connectivity index (χ1v) is 8.24. The third kappa shape index (κ3) is 4.53. The Morgan fingerprint density at radius 1 is 1.29 bits per heavy atom. The van der Waals surface area contributed by atoms with Crippen molar-refractivity contribution in [1.29, 1.82) is 0 Å². The van der Waals surface area contributed by atoms with Gasteiger partial charge in [-0.15, -0.1) is 0 Å². The second-order valence-corrected chi connectivity index (χ2v) is 6.38. The molecular formula is C17H23N3O4. The van der Waals surface area contributed by atoms with Gasteiger partial charge in [0.2, 0.25) is 5.91 Å². The summed E-state index contributed by atoms with van der Waals surface area (Å²) in [6, 6.07) is 4.88. The molecule has 1 fully saturated rings. The number of nitro benzene ring substituents is 1. The van der Waals surface area contributed by atoms with Gasteiger partial charge in [0.25, 0.3) is 11.6 Å². The number of hydrogen-bond donors (Lipinski definition) is 2. The molecule has 0 spiro atoms. The molecule has 0 bridgehead atoms. The fourth-order valence-electron chi connectivity index (χ4n) is 2.94. The minimum Gasteiger partial charge on any atom is -0.351 e. The molecule has 1 aromatic carbocycles. The molecule has 3 unspecified atom stereocenters. The molecule has 1 aromatic rings. The molecule has 7 heteroatoms. The van der Waals surface area contributed by atoms with Crippen LogP contribution in [0.25, 0.3) is 0 Å². The van der Waals surface area contributed by atoms with E-state index >= 15 is 0 Å². The number of hydrogen-bond acceptors (Lipinski definition) is 4. The molecule has 2 N–H and O–H groups in total. The predicted octanol–water partition coefficient (Wildman–Crippen LogP) is 2.41. The van der Waals surface area contributed by atoms with Gasteiger partial charge in [0, 0.05) is 23.7 Å². The Hall–Kier alpha value is -2.44. The number of carbonyl (C=O) groups excluding carboxylic acids is 2. The number of rotatable bonds is 5. The molecule has 2 amide bonds. The van der Waals surface area contributed by atoms with Gasteiger partial charge in [-0.25, -0.2) is 0 Å². The third-order valence-corrected chi connectivity index (χ3v) is 4.50. The van der Waals surface area contributed by atoms with Crippen molar-refractivity contribution < 1.29 is 14.5 Å². The average molecular weight is 333 g/mol. The zero-order chi connectivity index (χ0) is 17.7. The molecule has 0 aliphatic heterocycles. The van der Waals surface area contributed by atoms with Gasteiger partial charge in [-0.3, -0.25) is 19.7 Å². The second kappa shape index (κ2) is 7.90. The van der Waals surface area contributed by atoms with Crippen molar-refractivity contribution in [3.63, 3.8) is 0 Å². The highest BCUT2D eigenvalue weighted by Crippen LogP contribution is 2.23. The first kappa shape index (κ1) is 17.9. The quantitative estimate of drug-likeness (QED) is 0.638. The van der Waals surface area contributed by atoms with Crippen LogP contribution in [-0.2, 0) is 4.79 Å². The monoisotopic (exact) mass is 333 g/mol. The number of carbonyl (C=O) groups is 2. The van der Waals surface area contributed by atoms with Crippen LogP contribution in [0, 0.1) is 16.0 Å². The van der Waals surface area contributed by atoms with Gasteiger partial charge in [-0.1, -0.05) is 25.8 Å². The lowest BCUT2D eigenvalue weighted by Gasteiger charge is -2.30. The lowest BCUT2D eigenvalue weighted by molar-refractivity contribution is -0.384. The second-order valence-electron chi connectivity index (χ2n) is 6.38. The highest BCUT2D eigenvalue weighted by molar-refractivity contribution is 5.97. The first-order chi connectivity index (χ1) is 11.4. The Morgan fingerprint density at radius 2 is 2.00 bits per heavy atom. The lowest BCUT2D eigenvalue weighted by Crippen LogP contribution is -2.50. The Kier molecular flexibility index (Phi) is 5.89. The van der Waals surface area contributed by atoms with Crippen LogP contribution >= 0.6 is 0 Å². The molecule has 1 aliphatic carbocycles. The summed E-state index contributed by atoms with van der Waals surface area (Å²) in [5, 5.41) is 16.4. The largest absolute Gasteiger partial charge is 0.351 e. The molecule has 7 nitrogen and oxygen atoms in total.